The van der Waals surface area contributed by atoms with Gasteiger partial charge in [-0.1, -0.05) is 18.9 Å². The Balaban J connectivity index is 0.00000272. The molecule has 1 amide bonds. The molecule has 1 saturated carbocycles. The summed E-state index contributed by atoms with van der Waals surface area (Å²) in [6.07, 6.45) is 10.1. The van der Waals surface area contributed by atoms with Crippen LogP contribution in [0.15, 0.2) is 35.8 Å². The Morgan fingerprint density at radius 3 is 2.77 bits per heavy atom. The molecule has 170 valence electrons. The van der Waals surface area contributed by atoms with E-state index < -0.39 is 0 Å². The van der Waals surface area contributed by atoms with Crippen LogP contribution in [0, 0.1) is 0 Å². The van der Waals surface area contributed by atoms with Crippen molar-refractivity contribution < 1.29 is 9.53 Å². The number of rotatable bonds is 8. The largest absolute Gasteiger partial charge is 0.375 e. The Hall–Kier alpha value is -1.47. The summed E-state index contributed by atoms with van der Waals surface area (Å²) < 4.78 is 6.35. The van der Waals surface area contributed by atoms with Gasteiger partial charge in [-0.05, 0) is 67.8 Å². The number of hydrogen-bond donors (Lipinski definition) is 2. The molecular formula is C24H34ClN3O2S. The van der Waals surface area contributed by atoms with E-state index in [1.165, 1.54) is 41.8 Å². The highest BCUT2D eigenvalue weighted by Gasteiger charge is 2.48. The van der Waals surface area contributed by atoms with Gasteiger partial charge in [0.15, 0.2) is 0 Å². The molecule has 2 aromatic heterocycles. The number of halogens is 1. The summed E-state index contributed by atoms with van der Waals surface area (Å²) in [7, 11) is 0. The van der Waals surface area contributed by atoms with Crippen LogP contribution in [0.4, 0.5) is 0 Å². The SMILES string of the molecule is CC(=O)NCc1ccsc1CNCCC1(c2ccccn2)CCOC2(CCCC2)C1.Cl. The predicted molar refractivity (Wildman–Crippen MR) is 128 cm³/mol. The van der Waals surface area contributed by atoms with Gasteiger partial charge in [0.2, 0.25) is 5.91 Å². The lowest BCUT2D eigenvalue weighted by Crippen LogP contribution is -2.47. The maximum absolute atomic E-state index is 11.2. The van der Waals surface area contributed by atoms with Crippen LogP contribution in [-0.2, 0) is 28.0 Å². The Kier molecular flexibility index (Phi) is 8.50. The summed E-state index contributed by atoms with van der Waals surface area (Å²) in [5.41, 5.74) is 2.59. The van der Waals surface area contributed by atoms with Gasteiger partial charge in [0.25, 0.3) is 0 Å². The fourth-order valence-corrected chi connectivity index (χ4v) is 6.10. The first-order valence-electron chi connectivity index (χ1n) is 11.2. The molecule has 2 fully saturated rings. The van der Waals surface area contributed by atoms with Crippen LogP contribution in [0.3, 0.4) is 0 Å². The van der Waals surface area contributed by atoms with E-state index in [0.717, 1.165) is 39.0 Å². The zero-order valence-corrected chi connectivity index (χ0v) is 20.0. The van der Waals surface area contributed by atoms with E-state index in [1.54, 1.807) is 18.3 Å². The van der Waals surface area contributed by atoms with Gasteiger partial charge in [-0.25, -0.2) is 0 Å². The summed E-state index contributed by atoms with van der Waals surface area (Å²) in [4.78, 5) is 17.3. The van der Waals surface area contributed by atoms with E-state index in [4.69, 9.17) is 9.72 Å². The van der Waals surface area contributed by atoms with Crippen LogP contribution in [0.25, 0.3) is 0 Å². The minimum Gasteiger partial charge on any atom is -0.375 e. The van der Waals surface area contributed by atoms with Gasteiger partial charge in [0.1, 0.15) is 0 Å². The lowest BCUT2D eigenvalue weighted by molar-refractivity contribution is -0.119. The van der Waals surface area contributed by atoms with Crippen molar-refractivity contribution >= 4 is 29.7 Å². The van der Waals surface area contributed by atoms with Crippen molar-refractivity contribution in [2.45, 2.75) is 76.0 Å². The Morgan fingerprint density at radius 2 is 2.03 bits per heavy atom. The maximum atomic E-state index is 11.2. The highest BCUT2D eigenvalue weighted by Crippen LogP contribution is 2.49. The van der Waals surface area contributed by atoms with Crippen LogP contribution in [0.1, 0.15) is 68.0 Å². The minimum atomic E-state index is 0. The van der Waals surface area contributed by atoms with Gasteiger partial charge in [-0.15, -0.1) is 23.7 Å². The Labute approximate surface area is 195 Å². The minimum absolute atomic E-state index is 0. The van der Waals surface area contributed by atoms with Gasteiger partial charge < -0.3 is 15.4 Å². The smallest absolute Gasteiger partial charge is 0.217 e. The molecule has 7 heteroatoms. The quantitative estimate of drug-likeness (QED) is 0.555. The molecule has 2 N–H and O–H groups in total. The van der Waals surface area contributed by atoms with E-state index in [0.29, 0.717) is 6.54 Å². The van der Waals surface area contributed by atoms with Crippen molar-refractivity contribution in [2.24, 2.45) is 0 Å². The molecule has 4 rings (SSSR count). The van der Waals surface area contributed by atoms with Crippen LogP contribution in [-0.4, -0.2) is 29.6 Å². The molecule has 0 bridgehead atoms. The average Bonchev–Trinajstić information content (AvgIpc) is 3.40. The fourth-order valence-electron chi connectivity index (χ4n) is 5.22. The number of thiophene rings is 1. The van der Waals surface area contributed by atoms with Crippen molar-refractivity contribution in [1.29, 1.82) is 0 Å². The Bertz CT molecular complexity index is 838. The van der Waals surface area contributed by atoms with E-state index in [2.05, 4.69) is 34.2 Å². The zero-order valence-electron chi connectivity index (χ0n) is 18.3. The second-order valence-electron chi connectivity index (χ2n) is 8.87. The van der Waals surface area contributed by atoms with E-state index in [9.17, 15) is 4.79 Å². The monoisotopic (exact) mass is 463 g/mol. The number of aromatic nitrogens is 1. The van der Waals surface area contributed by atoms with Crippen LogP contribution < -0.4 is 10.6 Å². The number of amides is 1. The molecule has 0 radical (unpaired) electrons. The molecule has 2 aliphatic rings. The third-order valence-corrected chi connectivity index (χ3v) is 7.77. The molecule has 5 nitrogen and oxygen atoms in total. The molecule has 31 heavy (non-hydrogen) atoms. The third-order valence-electron chi connectivity index (χ3n) is 6.80. The van der Waals surface area contributed by atoms with Gasteiger partial charge in [-0.2, -0.15) is 0 Å². The molecule has 1 saturated heterocycles. The molecule has 1 atom stereocenters. The first-order chi connectivity index (χ1) is 14.6. The number of hydrogen-bond acceptors (Lipinski definition) is 5. The third kappa shape index (κ3) is 5.86. The van der Waals surface area contributed by atoms with Crippen LogP contribution in [0.5, 0.6) is 0 Å². The summed E-state index contributed by atoms with van der Waals surface area (Å²) in [5, 5.41) is 8.67. The van der Waals surface area contributed by atoms with E-state index in [-0.39, 0.29) is 29.3 Å². The second kappa shape index (κ2) is 10.9. The van der Waals surface area contributed by atoms with E-state index in [1.807, 2.05) is 12.3 Å². The Morgan fingerprint density at radius 1 is 1.19 bits per heavy atom. The number of carbonyl (C=O) groups excluding carboxylic acids is 1. The molecule has 1 unspecified atom stereocenters. The molecule has 1 aliphatic heterocycles. The standard InChI is InChI=1S/C24H33N3O2S.ClH/c1-19(28)27-16-20-7-15-30-21(20)17-25-13-10-23(22-6-2-5-12-26-22)11-14-29-24(18-23)8-3-4-9-24;/h2,5-7,12,15,25H,3-4,8-11,13-14,16-18H2,1H3,(H,27,28);1H. The number of carbonyl (C=O) groups is 1. The van der Waals surface area contributed by atoms with Crippen LogP contribution in [0.2, 0.25) is 0 Å². The summed E-state index contributed by atoms with van der Waals surface area (Å²) in [6, 6.07) is 8.44. The average molecular weight is 464 g/mol. The number of pyridine rings is 1. The van der Waals surface area contributed by atoms with Gasteiger partial charge in [-0.3, -0.25) is 9.78 Å². The van der Waals surface area contributed by atoms with Crippen molar-refractivity contribution in [3.05, 3.63) is 52.0 Å². The molecule has 3 heterocycles. The maximum Gasteiger partial charge on any atom is 0.217 e. The topological polar surface area (TPSA) is 63.2 Å². The summed E-state index contributed by atoms with van der Waals surface area (Å²) in [6.45, 7) is 4.79. The number of nitrogens with one attached hydrogen (secondary N) is 2. The number of nitrogens with zero attached hydrogens (tertiary/aromatic N) is 1. The van der Waals surface area contributed by atoms with Crippen molar-refractivity contribution in [3.63, 3.8) is 0 Å². The van der Waals surface area contributed by atoms with Crippen molar-refractivity contribution in [1.82, 2.24) is 15.6 Å². The highest BCUT2D eigenvalue weighted by molar-refractivity contribution is 7.10. The molecule has 2 aromatic rings. The molecule has 0 aromatic carbocycles. The molecule has 1 aliphatic carbocycles. The van der Waals surface area contributed by atoms with Crippen molar-refractivity contribution in [2.75, 3.05) is 13.2 Å². The van der Waals surface area contributed by atoms with Gasteiger partial charge in [0.05, 0.1) is 5.60 Å². The predicted octanol–water partition coefficient (Wildman–Crippen LogP) is 4.74. The lowest BCUT2D eigenvalue weighted by atomic mass is 9.68. The summed E-state index contributed by atoms with van der Waals surface area (Å²) >= 11 is 1.75. The molecular weight excluding hydrogens is 430 g/mol. The first-order valence-corrected chi connectivity index (χ1v) is 12.0. The van der Waals surface area contributed by atoms with Gasteiger partial charge in [0, 0.05) is 48.8 Å². The van der Waals surface area contributed by atoms with Crippen molar-refractivity contribution in [3.8, 4) is 0 Å². The van der Waals surface area contributed by atoms with Gasteiger partial charge >= 0.3 is 0 Å². The zero-order chi connectivity index (χ0) is 20.9. The second-order valence-corrected chi connectivity index (χ2v) is 9.87. The lowest BCUT2D eigenvalue weighted by Gasteiger charge is -2.46. The number of ether oxygens (including phenoxy) is 1. The highest BCUT2D eigenvalue weighted by atomic mass is 35.5. The molecule has 1 spiro atoms. The van der Waals surface area contributed by atoms with E-state index >= 15 is 0 Å². The van der Waals surface area contributed by atoms with Crippen LogP contribution >= 0.6 is 23.7 Å². The fraction of sp³-hybridized carbons (Fsp3) is 0.583. The normalized spacial score (nSPS) is 22.2. The summed E-state index contributed by atoms with van der Waals surface area (Å²) in [5.74, 6) is 0.0118. The first kappa shape index (κ1) is 24.2.